The average Bonchev–Trinajstić information content (AvgIpc) is 3.27. The van der Waals surface area contributed by atoms with E-state index < -0.39 is 60.4 Å². The van der Waals surface area contributed by atoms with Crippen molar-refractivity contribution in [2.24, 2.45) is 17.4 Å². The zero-order chi connectivity index (χ0) is 25.8. The number of carbonyl (C=O) groups is 5. The van der Waals surface area contributed by atoms with Gasteiger partial charge in [-0.15, -0.1) is 0 Å². The van der Waals surface area contributed by atoms with Gasteiger partial charge in [-0.2, -0.15) is 0 Å². The topological polar surface area (TPSA) is 243 Å². The van der Waals surface area contributed by atoms with Gasteiger partial charge in [0.25, 0.3) is 0 Å². The highest BCUT2D eigenvalue weighted by molar-refractivity contribution is 5.94. The molecule has 1 aromatic rings. The van der Waals surface area contributed by atoms with Crippen LogP contribution in [-0.4, -0.2) is 80.6 Å². The first-order chi connectivity index (χ1) is 15.9. The third-order valence-corrected chi connectivity index (χ3v) is 4.78. The van der Waals surface area contributed by atoms with Gasteiger partial charge in [0, 0.05) is 24.7 Å². The molecule has 0 aliphatic heterocycles. The fraction of sp³-hybridized carbons (Fsp3) is 0.600. The number of nitrogens with zero attached hydrogens (tertiary/aromatic N) is 1. The van der Waals surface area contributed by atoms with E-state index in [0.717, 1.165) is 0 Å². The van der Waals surface area contributed by atoms with Crippen LogP contribution >= 0.6 is 0 Å². The Morgan fingerprint density at radius 1 is 1.03 bits per heavy atom. The molecule has 0 spiro atoms. The molecule has 190 valence electrons. The highest BCUT2D eigenvalue weighted by Crippen LogP contribution is 2.08. The second kappa shape index (κ2) is 13.9. The van der Waals surface area contributed by atoms with Gasteiger partial charge in [0.15, 0.2) is 0 Å². The van der Waals surface area contributed by atoms with Crippen molar-refractivity contribution in [3.63, 3.8) is 0 Å². The van der Waals surface area contributed by atoms with Crippen molar-refractivity contribution >= 4 is 29.6 Å². The fourth-order valence-corrected chi connectivity index (χ4v) is 2.98. The summed E-state index contributed by atoms with van der Waals surface area (Å²) in [6.45, 7) is 2.93. The molecule has 10 N–H and O–H groups in total. The van der Waals surface area contributed by atoms with E-state index in [4.69, 9.17) is 16.6 Å². The maximum absolute atomic E-state index is 12.9. The van der Waals surface area contributed by atoms with Gasteiger partial charge in [0.1, 0.15) is 24.2 Å². The summed E-state index contributed by atoms with van der Waals surface area (Å²) < 4.78 is 0. The zero-order valence-corrected chi connectivity index (χ0v) is 19.1. The number of aromatic amines is 1. The summed E-state index contributed by atoms with van der Waals surface area (Å²) in [4.78, 5) is 67.4. The first kappa shape index (κ1) is 28.5. The fourth-order valence-electron chi connectivity index (χ4n) is 2.98. The van der Waals surface area contributed by atoms with Gasteiger partial charge in [0.2, 0.25) is 23.6 Å². The summed E-state index contributed by atoms with van der Waals surface area (Å²) in [5.74, 6) is -4.39. The van der Waals surface area contributed by atoms with Crippen LogP contribution in [0.15, 0.2) is 12.5 Å². The Hall–Kier alpha value is -3.52. The molecule has 4 unspecified atom stereocenters. The van der Waals surface area contributed by atoms with E-state index in [1.165, 1.54) is 12.5 Å². The molecule has 4 amide bonds. The molecule has 0 aromatic carbocycles. The number of hydrogen-bond acceptors (Lipinski definition) is 8. The average molecular weight is 484 g/mol. The van der Waals surface area contributed by atoms with E-state index in [-0.39, 0.29) is 31.6 Å². The first-order valence-electron chi connectivity index (χ1n) is 10.7. The Balaban J connectivity index is 3.07. The Labute approximate surface area is 196 Å². The van der Waals surface area contributed by atoms with Crippen LogP contribution in [0.3, 0.4) is 0 Å². The number of carboxylic acid groups (broad SMARTS) is 1. The highest BCUT2D eigenvalue weighted by atomic mass is 16.4. The molecule has 0 fully saturated rings. The summed E-state index contributed by atoms with van der Waals surface area (Å²) in [6.07, 6.45) is 2.48. The summed E-state index contributed by atoms with van der Waals surface area (Å²) >= 11 is 0. The minimum atomic E-state index is -1.31. The number of primary amides is 1. The SMILES string of the molecule is CC(C)CC(NC(=O)C(Cc1cnc[nH]1)NC(=O)C(CCC(N)=O)NC(=O)C(N)CO)C(=O)O. The van der Waals surface area contributed by atoms with Gasteiger partial charge >= 0.3 is 5.97 Å². The van der Waals surface area contributed by atoms with Crippen molar-refractivity contribution in [1.82, 2.24) is 25.9 Å². The normalized spacial score (nSPS) is 14.5. The van der Waals surface area contributed by atoms with Gasteiger partial charge in [-0.1, -0.05) is 13.8 Å². The summed E-state index contributed by atoms with van der Waals surface area (Å²) in [5, 5.41) is 25.7. The van der Waals surface area contributed by atoms with Crippen LogP contribution < -0.4 is 27.4 Å². The van der Waals surface area contributed by atoms with Crippen molar-refractivity contribution < 1.29 is 34.2 Å². The maximum atomic E-state index is 12.9. The van der Waals surface area contributed by atoms with Crippen LogP contribution in [0.4, 0.5) is 0 Å². The van der Waals surface area contributed by atoms with Crippen molar-refractivity contribution in [1.29, 1.82) is 0 Å². The molecule has 14 heteroatoms. The molecule has 0 bridgehead atoms. The molecular formula is C20H33N7O7. The number of aliphatic hydroxyl groups excluding tert-OH is 1. The van der Waals surface area contributed by atoms with Gasteiger partial charge in [0.05, 0.1) is 12.9 Å². The van der Waals surface area contributed by atoms with Gasteiger partial charge in [-0.25, -0.2) is 9.78 Å². The Kier molecular flexibility index (Phi) is 11.7. The van der Waals surface area contributed by atoms with Crippen molar-refractivity contribution in [3.8, 4) is 0 Å². The van der Waals surface area contributed by atoms with Crippen LogP contribution in [0.5, 0.6) is 0 Å². The van der Waals surface area contributed by atoms with Crippen LogP contribution in [0.25, 0.3) is 0 Å². The number of carboxylic acids is 1. The number of aliphatic hydroxyl groups is 1. The van der Waals surface area contributed by atoms with Gasteiger partial charge < -0.3 is 42.6 Å². The van der Waals surface area contributed by atoms with E-state index in [0.29, 0.717) is 5.69 Å². The Morgan fingerprint density at radius 2 is 1.62 bits per heavy atom. The molecule has 0 radical (unpaired) electrons. The first-order valence-corrected chi connectivity index (χ1v) is 10.7. The molecule has 34 heavy (non-hydrogen) atoms. The molecule has 0 aliphatic rings. The number of amides is 4. The number of aromatic nitrogens is 2. The van der Waals surface area contributed by atoms with E-state index in [1.807, 2.05) is 0 Å². The second-order valence-electron chi connectivity index (χ2n) is 8.23. The highest BCUT2D eigenvalue weighted by Gasteiger charge is 2.31. The lowest BCUT2D eigenvalue weighted by atomic mass is 10.0. The van der Waals surface area contributed by atoms with Gasteiger partial charge in [-0.3, -0.25) is 19.2 Å². The number of nitrogens with two attached hydrogens (primary N) is 2. The zero-order valence-electron chi connectivity index (χ0n) is 19.1. The van der Waals surface area contributed by atoms with E-state index >= 15 is 0 Å². The maximum Gasteiger partial charge on any atom is 0.326 e. The molecule has 1 aromatic heterocycles. The van der Waals surface area contributed by atoms with Crippen molar-refractivity contribution in [2.45, 2.75) is 63.7 Å². The molecule has 1 heterocycles. The molecule has 4 atom stereocenters. The molecule has 14 nitrogen and oxygen atoms in total. The molecular weight excluding hydrogens is 450 g/mol. The molecule has 1 rings (SSSR count). The number of hydrogen-bond donors (Lipinski definition) is 8. The van der Waals surface area contributed by atoms with Crippen molar-refractivity contribution in [2.75, 3.05) is 6.61 Å². The number of H-pyrrole nitrogens is 1. The molecule has 0 saturated heterocycles. The van der Waals surface area contributed by atoms with Crippen LogP contribution in [0, 0.1) is 5.92 Å². The van der Waals surface area contributed by atoms with Crippen molar-refractivity contribution in [3.05, 3.63) is 18.2 Å². The molecule has 0 saturated carbocycles. The molecule has 0 aliphatic carbocycles. The summed E-state index contributed by atoms with van der Waals surface area (Å²) in [7, 11) is 0. The minimum absolute atomic E-state index is 0.0221. The second-order valence-corrected chi connectivity index (χ2v) is 8.23. The summed E-state index contributed by atoms with van der Waals surface area (Å²) in [5.41, 5.74) is 11.1. The monoisotopic (exact) mass is 483 g/mol. The number of rotatable bonds is 15. The van der Waals surface area contributed by atoms with Crippen LogP contribution in [-0.2, 0) is 30.4 Å². The number of imidazole rings is 1. The minimum Gasteiger partial charge on any atom is -0.480 e. The number of carbonyl (C=O) groups excluding carboxylic acids is 4. The van der Waals surface area contributed by atoms with Gasteiger partial charge in [-0.05, 0) is 18.8 Å². The lowest BCUT2D eigenvalue weighted by Crippen LogP contribution is -2.58. The third-order valence-electron chi connectivity index (χ3n) is 4.78. The van der Waals surface area contributed by atoms with E-state index in [2.05, 4.69) is 25.9 Å². The standard InChI is InChI=1S/C20H33N7O7/c1-10(2)5-15(20(33)34)27-19(32)14(6-11-7-23-9-24-11)26-18(31)13(3-4-16(22)29)25-17(30)12(21)8-28/h7,9-10,12-15,28H,3-6,8,21H2,1-2H3,(H2,22,29)(H,23,24)(H,25,30)(H,26,31)(H,27,32)(H,33,34). The Morgan fingerprint density at radius 3 is 2.12 bits per heavy atom. The Bertz CT molecular complexity index is 844. The van der Waals surface area contributed by atoms with E-state index in [1.54, 1.807) is 13.8 Å². The third kappa shape index (κ3) is 9.95. The van der Waals surface area contributed by atoms with Crippen LogP contribution in [0.1, 0.15) is 38.8 Å². The lowest BCUT2D eigenvalue weighted by molar-refractivity contribution is -0.142. The van der Waals surface area contributed by atoms with Crippen LogP contribution in [0.2, 0.25) is 0 Å². The number of nitrogens with one attached hydrogen (secondary N) is 4. The largest absolute Gasteiger partial charge is 0.480 e. The smallest absolute Gasteiger partial charge is 0.326 e. The van der Waals surface area contributed by atoms with E-state index in [9.17, 15) is 29.1 Å². The predicted octanol–water partition coefficient (Wildman–Crippen LogP) is -2.88. The number of aliphatic carboxylic acids is 1. The lowest BCUT2D eigenvalue weighted by Gasteiger charge is -2.25. The quantitative estimate of drug-likeness (QED) is 0.127. The predicted molar refractivity (Wildman–Crippen MR) is 119 cm³/mol. The summed E-state index contributed by atoms with van der Waals surface area (Å²) in [6, 6.07) is -5.01.